The number of hydrogen-bond donors (Lipinski definition) is 1. The van der Waals surface area contributed by atoms with Crippen molar-refractivity contribution in [1.82, 2.24) is 0 Å². The average molecular weight is 320 g/mol. The second-order valence-electron chi connectivity index (χ2n) is 5.09. The lowest BCUT2D eigenvalue weighted by Crippen LogP contribution is -2.12. The molecule has 0 radical (unpaired) electrons. The molecule has 0 atom stereocenters. The summed E-state index contributed by atoms with van der Waals surface area (Å²) >= 11 is 0. The third-order valence-corrected chi connectivity index (χ3v) is 4.45. The molecule has 0 heterocycles. The second kappa shape index (κ2) is 5.81. The van der Waals surface area contributed by atoms with Gasteiger partial charge in [0.1, 0.15) is 10.6 Å². The summed E-state index contributed by atoms with van der Waals surface area (Å²) in [7, 11) is -3.96. The first kappa shape index (κ1) is 16.0. The topological polar surface area (TPSA) is 80.7 Å². The van der Waals surface area contributed by atoms with Gasteiger partial charge in [-0.25, -0.2) is 4.79 Å². The van der Waals surface area contributed by atoms with Gasteiger partial charge in [-0.2, -0.15) is 8.42 Å². The molecular formula is C16H16O5S. The van der Waals surface area contributed by atoms with E-state index in [1.807, 2.05) is 6.92 Å². The lowest BCUT2D eigenvalue weighted by molar-refractivity contribution is 0.0696. The Morgan fingerprint density at radius 3 is 1.95 bits per heavy atom. The van der Waals surface area contributed by atoms with Gasteiger partial charge < -0.3 is 9.29 Å². The van der Waals surface area contributed by atoms with E-state index in [0.29, 0.717) is 11.1 Å². The fourth-order valence-corrected chi connectivity index (χ4v) is 3.12. The molecule has 2 aromatic rings. The van der Waals surface area contributed by atoms with Crippen molar-refractivity contribution in [3.05, 3.63) is 58.7 Å². The van der Waals surface area contributed by atoms with E-state index in [9.17, 15) is 13.2 Å². The second-order valence-corrected chi connectivity index (χ2v) is 6.64. The minimum Gasteiger partial charge on any atom is -0.478 e. The minimum atomic E-state index is -3.96. The Bertz CT molecular complexity index is 797. The number of hydrogen-bond acceptors (Lipinski definition) is 4. The summed E-state index contributed by atoms with van der Waals surface area (Å²) in [5.74, 6) is -0.912. The van der Waals surface area contributed by atoms with Crippen molar-refractivity contribution in [3.8, 4) is 5.75 Å². The highest BCUT2D eigenvalue weighted by molar-refractivity contribution is 7.87. The van der Waals surface area contributed by atoms with Gasteiger partial charge in [-0.15, -0.1) is 0 Å². The number of rotatable bonds is 4. The van der Waals surface area contributed by atoms with Crippen molar-refractivity contribution in [3.63, 3.8) is 0 Å². The van der Waals surface area contributed by atoms with Crippen molar-refractivity contribution < 1.29 is 22.5 Å². The van der Waals surface area contributed by atoms with Crippen LogP contribution in [0.4, 0.5) is 0 Å². The van der Waals surface area contributed by atoms with Crippen LogP contribution in [0.1, 0.15) is 27.0 Å². The van der Waals surface area contributed by atoms with E-state index in [-0.39, 0.29) is 16.2 Å². The lowest BCUT2D eigenvalue weighted by Gasteiger charge is -2.13. The average Bonchev–Trinajstić information content (AvgIpc) is 2.43. The molecule has 5 nitrogen and oxygen atoms in total. The SMILES string of the molecule is Cc1ccc(S(=O)(=O)Oc2c(C)cc(C(=O)O)cc2C)cc1. The summed E-state index contributed by atoms with van der Waals surface area (Å²) < 4.78 is 29.8. The van der Waals surface area contributed by atoms with Crippen LogP contribution in [-0.2, 0) is 10.1 Å². The molecule has 0 saturated carbocycles. The molecule has 0 bridgehead atoms. The normalized spacial score (nSPS) is 11.2. The molecule has 0 fully saturated rings. The van der Waals surface area contributed by atoms with E-state index < -0.39 is 16.1 Å². The molecule has 116 valence electrons. The Morgan fingerprint density at radius 1 is 1.00 bits per heavy atom. The first-order chi connectivity index (χ1) is 10.2. The number of aryl methyl sites for hydroxylation is 3. The number of benzene rings is 2. The number of aromatic carboxylic acids is 1. The van der Waals surface area contributed by atoms with Crippen LogP contribution in [0.3, 0.4) is 0 Å². The fraction of sp³-hybridized carbons (Fsp3) is 0.188. The van der Waals surface area contributed by atoms with Crippen molar-refractivity contribution in [2.45, 2.75) is 25.7 Å². The quantitative estimate of drug-likeness (QED) is 0.876. The van der Waals surface area contributed by atoms with Crippen LogP contribution in [0.2, 0.25) is 0 Å². The van der Waals surface area contributed by atoms with Gasteiger partial charge in [0.05, 0.1) is 5.56 Å². The molecule has 0 unspecified atom stereocenters. The van der Waals surface area contributed by atoms with Crippen molar-refractivity contribution >= 4 is 16.1 Å². The highest BCUT2D eigenvalue weighted by Gasteiger charge is 2.20. The van der Waals surface area contributed by atoms with Gasteiger partial charge in [0, 0.05) is 0 Å². The molecule has 0 aliphatic heterocycles. The number of carboxylic acids is 1. The number of carbonyl (C=O) groups is 1. The first-order valence-corrected chi connectivity index (χ1v) is 7.97. The molecule has 0 aromatic heterocycles. The van der Waals surface area contributed by atoms with Crippen LogP contribution >= 0.6 is 0 Å². The van der Waals surface area contributed by atoms with E-state index in [1.54, 1.807) is 26.0 Å². The van der Waals surface area contributed by atoms with Gasteiger partial charge in [-0.05, 0) is 56.2 Å². The summed E-state index contributed by atoms with van der Waals surface area (Å²) in [6, 6.07) is 9.08. The summed E-state index contributed by atoms with van der Waals surface area (Å²) in [6.07, 6.45) is 0. The largest absolute Gasteiger partial charge is 0.478 e. The Balaban J connectivity index is 2.42. The molecule has 22 heavy (non-hydrogen) atoms. The van der Waals surface area contributed by atoms with E-state index in [1.165, 1.54) is 24.3 Å². The van der Waals surface area contributed by atoms with Crippen LogP contribution in [0, 0.1) is 20.8 Å². The molecule has 1 N–H and O–H groups in total. The zero-order chi connectivity index (χ0) is 16.5. The Labute approximate surface area is 129 Å². The van der Waals surface area contributed by atoms with Crippen LogP contribution in [0.15, 0.2) is 41.3 Å². The summed E-state index contributed by atoms with van der Waals surface area (Å²) in [4.78, 5) is 11.1. The molecule has 2 aromatic carbocycles. The predicted octanol–water partition coefficient (Wildman–Crippen LogP) is 3.08. The maximum atomic E-state index is 12.3. The molecule has 6 heteroatoms. The standard InChI is InChI=1S/C16H16O5S/c1-10-4-6-14(7-5-10)22(19,20)21-15-11(2)8-13(16(17)18)9-12(15)3/h4-9H,1-3H3,(H,17,18). The van der Waals surface area contributed by atoms with Gasteiger partial charge in [-0.1, -0.05) is 17.7 Å². The van der Waals surface area contributed by atoms with Crippen molar-refractivity contribution in [1.29, 1.82) is 0 Å². The highest BCUT2D eigenvalue weighted by atomic mass is 32.2. The molecule has 0 aliphatic carbocycles. The molecule has 0 saturated heterocycles. The Morgan fingerprint density at radius 2 is 1.50 bits per heavy atom. The van der Waals surface area contributed by atoms with E-state index >= 15 is 0 Å². The van der Waals surface area contributed by atoms with E-state index in [4.69, 9.17) is 9.29 Å². The highest BCUT2D eigenvalue weighted by Crippen LogP contribution is 2.28. The van der Waals surface area contributed by atoms with Gasteiger partial charge >= 0.3 is 16.1 Å². The van der Waals surface area contributed by atoms with E-state index in [2.05, 4.69) is 0 Å². The van der Waals surface area contributed by atoms with Gasteiger partial charge in [0.25, 0.3) is 0 Å². The fourth-order valence-electron chi connectivity index (χ4n) is 2.07. The van der Waals surface area contributed by atoms with Gasteiger partial charge in [-0.3, -0.25) is 0 Å². The van der Waals surface area contributed by atoms with Crippen LogP contribution in [0.5, 0.6) is 5.75 Å². The molecule has 0 spiro atoms. The zero-order valence-corrected chi connectivity index (χ0v) is 13.3. The maximum Gasteiger partial charge on any atom is 0.339 e. The van der Waals surface area contributed by atoms with Crippen LogP contribution in [-0.4, -0.2) is 19.5 Å². The van der Waals surface area contributed by atoms with Gasteiger partial charge in [0.15, 0.2) is 0 Å². The van der Waals surface area contributed by atoms with Crippen molar-refractivity contribution in [2.24, 2.45) is 0 Å². The third-order valence-electron chi connectivity index (χ3n) is 3.21. The monoisotopic (exact) mass is 320 g/mol. The molecule has 2 rings (SSSR count). The lowest BCUT2D eigenvalue weighted by atomic mass is 10.1. The van der Waals surface area contributed by atoms with Crippen molar-refractivity contribution in [2.75, 3.05) is 0 Å². The Hall–Kier alpha value is -2.34. The summed E-state index contributed by atoms with van der Waals surface area (Å²) in [6.45, 7) is 5.08. The van der Waals surface area contributed by atoms with E-state index in [0.717, 1.165) is 5.56 Å². The predicted molar refractivity (Wildman–Crippen MR) is 81.9 cm³/mol. The van der Waals surface area contributed by atoms with Gasteiger partial charge in [0.2, 0.25) is 0 Å². The third kappa shape index (κ3) is 3.28. The first-order valence-electron chi connectivity index (χ1n) is 6.56. The zero-order valence-electron chi connectivity index (χ0n) is 12.5. The van der Waals surface area contributed by atoms with Crippen LogP contribution < -0.4 is 4.18 Å². The minimum absolute atomic E-state index is 0.0548. The summed E-state index contributed by atoms with van der Waals surface area (Å²) in [5, 5.41) is 9.00. The molecular weight excluding hydrogens is 304 g/mol. The molecule has 0 aliphatic rings. The smallest absolute Gasteiger partial charge is 0.339 e. The number of carboxylic acid groups (broad SMARTS) is 1. The Kier molecular flexibility index (Phi) is 4.23. The summed E-state index contributed by atoms with van der Waals surface area (Å²) in [5.41, 5.74) is 1.94. The maximum absolute atomic E-state index is 12.3. The molecule has 0 amide bonds. The van der Waals surface area contributed by atoms with Crippen LogP contribution in [0.25, 0.3) is 0 Å².